The van der Waals surface area contributed by atoms with Crippen LogP contribution in [0.25, 0.3) is 0 Å². The smallest absolute Gasteiger partial charge is 0.00569 e. The van der Waals surface area contributed by atoms with Crippen LogP contribution < -0.4 is 0 Å². The van der Waals surface area contributed by atoms with Crippen molar-refractivity contribution >= 4 is 12.6 Å². The first-order chi connectivity index (χ1) is 13.8. The van der Waals surface area contributed by atoms with Crippen LogP contribution in [-0.4, -0.2) is 5.25 Å². The number of hydrogen-bond acceptors (Lipinski definition) is 1. The summed E-state index contributed by atoms with van der Waals surface area (Å²) < 4.78 is 0. The van der Waals surface area contributed by atoms with Gasteiger partial charge in [-0.05, 0) is 72.7 Å². The van der Waals surface area contributed by atoms with Gasteiger partial charge in [-0.1, -0.05) is 96.9 Å². The summed E-state index contributed by atoms with van der Waals surface area (Å²) in [5.41, 5.74) is 3.32. The van der Waals surface area contributed by atoms with E-state index in [1.165, 1.54) is 38.5 Å². The number of allylic oxidation sites excluding steroid dienone is 7. The van der Waals surface area contributed by atoms with Crippen LogP contribution in [0.15, 0.2) is 48.1 Å². The molecule has 0 nitrogen and oxygen atoms in total. The van der Waals surface area contributed by atoms with E-state index in [1.807, 2.05) is 0 Å². The molecular weight excluding hydrogens is 368 g/mol. The zero-order valence-corrected chi connectivity index (χ0v) is 20.8. The molecule has 1 saturated carbocycles. The highest BCUT2D eigenvalue weighted by Crippen LogP contribution is 2.44. The Labute approximate surface area is 187 Å². The van der Waals surface area contributed by atoms with Crippen molar-refractivity contribution < 1.29 is 0 Å². The Kier molecular flexibility index (Phi) is 9.86. The third kappa shape index (κ3) is 6.39. The molecule has 1 heteroatoms. The summed E-state index contributed by atoms with van der Waals surface area (Å²) in [6.45, 7) is 18.3. The molecule has 0 amide bonds. The van der Waals surface area contributed by atoms with Crippen molar-refractivity contribution in [3.63, 3.8) is 0 Å². The first-order valence-corrected chi connectivity index (χ1v) is 12.7. The molecule has 8 unspecified atom stereocenters. The second kappa shape index (κ2) is 11.6. The van der Waals surface area contributed by atoms with Gasteiger partial charge in [0, 0.05) is 5.25 Å². The predicted octanol–water partition coefficient (Wildman–Crippen LogP) is 8.68. The number of rotatable bonds is 5. The Morgan fingerprint density at radius 2 is 1.69 bits per heavy atom. The number of thiol groups is 1. The fourth-order valence-electron chi connectivity index (χ4n) is 6.02. The molecule has 0 aromatic carbocycles. The highest BCUT2D eigenvalue weighted by Gasteiger charge is 2.33. The maximum atomic E-state index is 4.42. The van der Waals surface area contributed by atoms with Crippen molar-refractivity contribution in [2.75, 3.05) is 0 Å². The van der Waals surface area contributed by atoms with Gasteiger partial charge in [-0.3, -0.25) is 0 Å². The summed E-state index contributed by atoms with van der Waals surface area (Å²) >= 11 is 4.42. The van der Waals surface area contributed by atoms with Crippen LogP contribution in [0.2, 0.25) is 0 Å². The molecule has 0 saturated heterocycles. The van der Waals surface area contributed by atoms with E-state index in [2.05, 4.69) is 91.1 Å². The summed E-state index contributed by atoms with van der Waals surface area (Å²) in [7, 11) is 0. The van der Waals surface area contributed by atoms with Gasteiger partial charge in [-0.2, -0.15) is 12.6 Å². The molecule has 0 bridgehead atoms. The van der Waals surface area contributed by atoms with E-state index in [-0.39, 0.29) is 0 Å². The van der Waals surface area contributed by atoms with Crippen LogP contribution in [0.4, 0.5) is 0 Å². The molecule has 29 heavy (non-hydrogen) atoms. The van der Waals surface area contributed by atoms with Crippen LogP contribution in [0, 0.1) is 41.4 Å². The van der Waals surface area contributed by atoms with Gasteiger partial charge in [0.1, 0.15) is 0 Å². The van der Waals surface area contributed by atoms with Crippen LogP contribution in [0.1, 0.15) is 80.1 Å². The molecule has 0 spiro atoms. The van der Waals surface area contributed by atoms with Gasteiger partial charge in [0.05, 0.1) is 0 Å². The number of hydrogen-bond donors (Lipinski definition) is 1. The largest absolute Gasteiger partial charge is 0.176 e. The molecule has 0 aromatic heterocycles. The fraction of sp³-hybridized carbons (Fsp3) is 0.714. The summed E-state index contributed by atoms with van der Waals surface area (Å²) in [4.78, 5) is 0. The van der Waals surface area contributed by atoms with Crippen LogP contribution >= 0.6 is 12.6 Å². The molecule has 0 heterocycles. The van der Waals surface area contributed by atoms with E-state index in [0.29, 0.717) is 17.1 Å². The Morgan fingerprint density at radius 1 is 1.00 bits per heavy atom. The molecule has 1 fully saturated rings. The van der Waals surface area contributed by atoms with E-state index >= 15 is 0 Å². The molecule has 0 aliphatic heterocycles. The minimum atomic E-state index is 0.469. The van der Waals surface area contributed by atoms with Gasteiger partial charge < -0.3 is 0 Å². The Hall–Kier alpha value is -0.690. The van der Waals surface area contributed by atoms with Gasteiger partial charge in [-0.25, -0.2) is 0 Å². The molecule has 0 aromatic rings. The quantitative estimate of drug-likeness (QED) is 0.427. The monoisotopic (exact) mass is 414 g/mol. The summed E-state index contributed by atoms with van der Waals surface area (Å²) in [5.74, 6) is 5.48. The lowest BCUT2D eigenvalue weighted by atomic mass is 9.70. The van der Waals surface area contributed by atoms with Gasteiger partial charge in [-0.15, -0.1) is 0 Å². The van der Waals surface area contributed by atoms with Gasteiger partial charge >= 0.3 is 0 Å². The Morgan fingerprint density at radius 3 is 2.21 bits per heavy atom. The van der Waals surface area contributed by atoms with E-state index in [4.69, 9.17) is 0 Å². The standard InChI is InChI=1S/C19H32.C9H14S/c1-6-17-13(2)9-8-12-19(17)16(5)15(4)18-11-7-10-14(18)3;1-7-5-3-4-6-9(7)8(2)10/h6,13-16,18H,1,7-12H2,2-5H3;3-10H,1-2H3. The molecule has 3 aliphatic rings. The maximum Gasteiger partial charge on any atom is 0.00569 e. The summed E-state index contributed by atoms with van der Waals surface area (Å²) in [5, 5.41) is 0.469. The minimum Gasteiger partial charge on any atom is -0.176 e. The maximum absolute atomic E-state index is 4.42. The van der Waals surface area contributed by atoms with Gasteiger partial charge in [0.15, 0.2) is 0 Å². The molecule has 3 aliphatic carbocycles. The highest BCUT2D eigenvalue weighted by molar-refractivity contribution is 7.80. The second-order valence-electron chi connectivity index (χ2n) is 10.1. The molecule has 0 N–H and O–H groups in total. The first-order valence-electron chi connectivity index (χ1n) is 12.2. The lowest BCUT2D eigenvalue weighted by Gasteiger charge is -2.35. The fourth-order valence-corrected chi connectivity index (χ4v) is 6.39. The third-order valence-corrected chi connectivity index (χ3v) is 8.51. The SMILES string of the molecule is C=CC1=C(C(C)C(C)C2CCCC2C)CCCC1C.CC(S)C1C=CC=CC1C. The van der Waals surface area contributed by atoms with Crippen LogP contribution in [0.3, 0.4) is 0 Å². The Bertz CT molecular complexity index is 608. The zero-order chi connectivity index (χ0) is 21.6. The highest BCUT2D eigenvalue weighted by atomic mass is 32.1. The van der Waals surface area contributed by atoms with E-state index in [0.717, 1.165) is 29.6 Å². The van der Waals surface area contributed by atoms with E-state index < -0.39 is 0 Å². The topological polar surface area (TPSA) is 0 Å². The summed E-state index contributed by atoms with van der Waals surface area (Å²) in [6.07, 6.45) is 19.3. The third-order valence-electron chi connectivity index (χ3n) is 8.17. The van der Waals surface area contributed by atoms with Crippen molar-refractivity contribution in [3.8, 4) is 0 Å². The lowest BCUT2D eigenvalue weighted by molar-refractivity contribution is 0.235. The first kappa shape index (κ1) is 24.6. The van der Waals surface area contributed by atoms with Crippen molar-refractivity contribution in [1.29, 1.82) is 0 Å². The molecule has 0 radical (unpaired) electrons. The molecule has 164 valence electrons. The average Bonchev–Trinajstić information content (AvgIpc) is 3.13. The van der Waals surface area contributed by atoms with Crippen LogP contribution in [-0.2, 0) is 0 Å². The molecule has 3 rings (SSSR count). The average molecular weight is 415 g/mol. The normalized spacial score (nSPS) is 34.9. The van der Waals surface area contributed by atoms with Crippen LogP contribution in [0.5, 0.6) is 0 Å². The zero-order valence-electron chi connectivity index (χ0n) is 19.9. The van der Waals surface area contributed by atoms with Crippen molar-refractivity contribution in [3.05, 3.63) is 48.1 Å². The molecular formula is C28H46S. The van der Waals surface area contributed by atoms with Gasteiger partial charge in [0.25, 0.3) is 0 Å². The van der Waals surface area contributed by atoms with Crippen molar-refractivity contribution in [2.24, 2.45) is 41.4 Å². The minimum absolute atomic E-state index is 0.469. The summed E-state index contributed by atoms with van der Waals surface area (Å²) in [6, 6.07) is 0. The Balaban J connectivity index is 0.000000253. The predicted molar refractivity (Wildman–Crippen MR) is 134 cm³/mol. The second-order valence-corrected chi connectivity index (χ2v) is 11.0. The molecule has 8 atom stereocenters. The lowest BCUT2D eigenvalue weighted by Crippen LogP contribution is -2.25. The van der Waals surface area contributed by atoms with Crippen molar-refractivity contribution in [2.45, 2.75) is 85.3 Å². The van der Waals surface area contributed by atoms with Gasteiger partial charge in [0.2, 0.25) is 0 Å². The van der Waals surface area contributed by atoms with E-state index in [9.17, 15) is 0 Å². The van der Waals surface area contributed by atoms with Crippen molar-refractivity contribution in [1.82, 2.24) is 0 Å². The van der Waals surface area contributed by atoms with E-state index in [1.54, 1.807) is 11.1 Å².